The van der Waals surface area contributed by atoms with Gasteiger partial charge in [-0.2, -0.15) is 0 Å². The van der Waals surface area contributed by atoms with E-state index in [1.165, 1.54) is 25.3 Å². The number of amides is 2. The number of aliphatic carboxylic acids is 1. The lowest BCUT2D eigenvalue weighted by molar-refractivity contribution is -0.143. The third-order valence-corrected chi connectivity index (χ3v) is 6.85. The second-order valence-electron chi connectivity index (χ2n) is 10.1. The van der Waals surface area contributed by atoms with Crippen LogP contribution in [0.25, 0.3) is 10.9 Å². The zero-order valence-electron chi connectivity index (χ0n) is 24.3. The molecule has 0 aliphatic heterocycles. The number of nitrogens with zero attached hydrogens (tertiary/aromatic N) is 1. The summed E-state index contributed by atoms with van der Waals surface area (Å²) in [5.41, 5.74) is 1.73. The Bertz CT molecular complexity index is 1640. The van der Waals surface area contributed by atoms with Gasteiger partial charge in [-0.15, -0.1) is 0 Å². The second kappa shape index (κ2) is 14.6. The highest BCUT2D eigenvalue weighted by molar-refractivity contribution is 6.10. The van der Waals surface area contributed by atoms with Crippen LogP contribution in [-0.2, 0) is 27.4 Å². The normalized spacial score (nSPS) is 12.1. The highest BCUT2D eigenvalue weighted by atomic mass is 16.5. The number of aromatic hydroxyl groups is 1. The van der Waals surface area contributed by atoms with Crippen molar-refractivity contribution in [2.45, 2.75) is 44.9 Å². The number of esters is 1. The summed E-state index contributed by atoms with van der Waals surface area (Å²) in [7, 11) is 1.20. The molecule has 0 radical (unpaired) electrons. The lowest BCUT2D eigenvalue weighted by Crippen LogP contribution is -2.43. The molecule has 11 nitrogen and oxygen atoms in total. The Morgan fingerprint density at radius 1 is 0.864 bits per heavy atom. The quantitative estimate of drug-likeness (QED) is 0.166. The van der Waals surface area contributed by atoms with Crippen LogP contribution in [0.15, 0.2) is 78.9 Å². The van der Waals surface area contributed by atoms with Crippen LogP contribution >= 0.6 is 0 Å². The summed E-state index contributed by atoms with van der Waals surface area (Å²) in [6.45, 7) is 2.08. The van der Waals surface area contributed by atoms with Crippen LogP contribution in [0.4, 0.5) is 0 Å². The highest BCUT2D eigenvalue weighted by Crippen LogP contribution is 2.25. The van der Waals surface area contributed by atoms with Crippen LogP contribution in [0, 0.1) is 0 Å². The van der Waals surface area contributed by atoms with Crippen molar-refractivity contribution in [2.75, 3.05) is 7.11 Å². The van der Waals surface area contributed by atoms with Gasteiger partial charge in [-0.1, -0.05) is 55.8 Å². The number of pyridine rings is 1. The number of phenols is 1. The number of hydrogen-bond donors (Lipinski definition) is 4. The van der Waals surface area contributed by atoms with E-state index in [-0.39, 0.29) is 42.0 Å². The number of aromatic nitrogens is 1. The largest absolute Gasteiger partial charge is 0.508 e. The number of phenolic OH excluding ortho intramolecular Hbond substituents is 1. The van der Waals surface area contributed by atoms with Crippen molar-refractivity contribution < 1.29 is 38.9 Å². The van der Waals surface area contributed by atoms with E-state index in [1.807, 2.05) is 30.3 Å². The molecule has 0 unspecified atom stereocenters. The third-order valence-electron chi connectivity index (χ3n) is 6.85. The van der Waals surface area contributed by atoms with E-state index in [2.05, 4.69) is 15.6 Å². The molecule has 0 fully saturated rings. The van der Waals surface area contributed by atoms with Crippen LogP contribution in [0.1, 0.15) is 51.7 Å². The first kappa shape index (κ1) is 31.5. The minimum Gasteiger partial charge on any atom is -0.508 e. The molecule has 0 aliphatic rings. The van der Waals surface area contributed by atoms with Crippen LogP contribution < -0.4 is 15.4 Å². The SMILES string of the molecule is CCC[C@H](NC(=O)c1cc(C(=O)N[C@@H](Cc2ccc(O)cc2)C(=O)OC)nc2ccc(OCc3ccccc3)cc12)C(=O)O. The van der Waals surface area contributed by atoms with Gasteiger partial charge in [0, 0.05) is 11.8 Å². The monoisotopic (exact) mass is 599 g/mol. The fraction of sp³-hybridized carbons (Fsp3) is 0.242. The van der Waals surface area contributed by atoms with Crippen LogP contribution in [0.2, 0.25) is 0 Å². The number of rotatable bonds is 13. The van der Waals surface area contributed by atoms with Crippen LogP contribution in [0.5, 0.6) is 11.5 Å². The molecule has 4 N–H and O–H groups in total. The van der Waals surface area contributed by atoms with E-state index in [4.69, 9.17) is 9.47 Å². The zero-order valence-corrected chi connectivity index (χ0v) is 24.3. The molecule has 3 aromatic carbocycles. The molecule has 11 heteroatoms. The van der Waals surface area contributed by atoms with E-state index < -0.39 is 35.8 Å². The number of hydrogen-bond acceptors (Lipinski definition) is 8. The predicted octanol–water partition coefficient (Wildman–Crippen LogP) is 4.02. The molecule has 0 saturated heterocycles. The summed E-state index contributed by atoms with van der Waals surface area (Å²) in [6.07, 6.45) is 0.801. The van der Waals surface area contributed by atoms with Crippen molar-refractivity contribution in [3.8, 4) is 11.5 Å². The highest BCUT2D eigenvalue weighted by Gasteiger charge is 2.26. The average molecular weight is 600 g/mol. The summed E-state index contributed by atoms with van der Waals surface area (Å²) in [4.78, 5) is 55.7. The second-order valence-corrected chi connectivity index (χ2v) is 10.1. The number of ether oxygens (including phenoxy) is 2. The molecule has 1 aromatic heterocycles. The van der Waals surface area contributed by atoms with Crippen molar-refractivity contribution in [2.24, 2.45) is 0 Å². The molecule has 0 spiro atoms. The topological polar surface area (TPSA) is 164 Å². The van der Waals surface area contributed by atoms with E-state index in [1.54, 1.807) is 37.3 Å². The van der Waals surface area contributed by atoms with E-state index >= 15 is 0 Å². The molecular formula is C33H33N3O8. The molecule has 4 rings (SSSR count). The molecule has 1 heterocycles. The maximum atomic E-state index is 13.5. The molecule has 228 valence electrons. The lowest BCUT2D eigenvalue weighted by Gasteiger charge is -2.18. The first-order chi connectivity index (χ1) is 21.2. The molecule has 4 aromatic rings. The first-order valence-electron chi connectivity index (χ1n) is 14.0. The van der Waals surface area contributed by atoms with Gasteiger partial charge in [0.25, 0.3) is 11.8 Å². The lowest BCUT2D eigenvalue weighted by atomic mass is 10.0. The minimum absolute atomic E-state index is 0.0146. The van der Waals surface area contributed by atoms with Gasteiger partial charge in [-0.3, -0.25) is 9.59 Å². The predicted molar refractivity (Wildman–Crippen MR) is 161 cm³/mol. The number of carbonyl (C=O) groups is 4. The summed E-state index contributed by atoms with van der Waals surface area (Å²) in [5, 5.41) is 24.7. The zero-order chi connectivity index (χ0) is 31.6. The Morgan fingerprint density at radius 2 is 1.57 bits per heavy atom. The van der Waals surface area contributed by atoms with Gasteiger partial charge in [0.15, 0.2) is 0 Å². The fourth-order valence-electron chi connectivity index (χ4n) is 4.56. The van der Waals surface area contributed by atoms with Crippen LogP contribution in [0.3, 0.4) is 0 Å². The van der Waals surface area contributed by atoms with Gasteiger partial charge >= 0.3 is 11.9 Å². The minimum atomic E-state index is -1.18. The maximum absolute atomic E-state index is 13.5. The summed E-state index contributed by atoms with van der Waals surface area (Å²) >= 11 is 0. The maximum Gasteiger partial charge on any atom is 0.328 e. The summed E-state index contributed by atoms with van der Waals surface area (Å²) in [6, 6.07) is 19.5. The van der Waals surface area contributed by atoms with E-state index in [0.29, 0.717) is 23.1 Å². The summed E-state index contributed by atoms with van der Waals surface area (Å²) in [5.74, 6) is -2.84. The average Bonchev–Trinajstić information content (AvgIpc) is 3.03. The Balaban J connectivity index is 1.68. The summed E-state index contributed by atoms with van der Waals surface area (Å²) < 4.78 is 10.8. The van der Waals surface area contributed by atoms with Gasteiger partial charge in [0.2, 0.25) is 0 Å². The van der Waals surface area contributed by atoms with Crippen molar-refractivity contribution in [1.29, 1.82) is 0 Å². The standard InChI is InChI=1S/C33H33N3O8/c1-3-7-27(32(40)41)35-30(38)25-18-28(31(39)36-29(33(42)43-2)16-20-10-12-22(37)13-11-20)34-26-15-14-23(17-24(25)26)44-19-21-8-5-4-6-9-21/h4-6,8-15,17-18,27,29,37H,3,7,16,19H2,1-2H3,(H,35,38)(H,36,39)(H,40,41)/t27-,29-/m0/s1. The molecule has 0 bridgehead atoms. The molecular weight excluding hydrogens is 566 g/mol. The number of nitrogens with one attached hydrogen (secondary N) is 2. The molecule has 0 aliphatic carbocycles. The Morgan fingerprint density at radius 3 is 2.23 bits per heavy atom. The number of carboxylic acids is 1. The Hall–Kier alpha value is -5.45. The van der Waals surface area contributed by atoms with Crippen molar-refractivity contribution in [3.05, 3.63) is 101 Å². The van der Waals surface area contributed by atoms with E-state index in [9.17, 15) is 29.4 Å². The Labute approximate surface area is 253 Å². The number of methoxy groups -OCH3 is 1. The van der Waals surface area contributed by atoms with Crippen molar-refractivity contribution in [3.63, 3.8) is 0 Å². The van der Waals surface area contributed by atoms with Gasteiger partial charge in [0.05, 0.1) is 18.2 Å². The number of fused-ring (bicyclic) bond motifs is 1. The van der Waals surface area contributed by atoms with Gasteiger partial charge in [0.1, 0.15) is 35.9 Å². The molecule has 44 heavy (non-hydrogen) atoms. The van der Waals surface area contributed by atoms with Gasteiger partial charge in [-0.05, 0) is 53.9 Å². The van der Waals surface area contributed by atoms with Gasteiger partial charge < -0.3 is 30.3 Å². The molecule has 2 atom stereocenters. The molecule has 2 amide bonds. The fourth-order valence-corrected chi connectivity index (χ4v) is 4.56. The first-order valence-corrected chi connectivity index (χ1v) is 14.0. The smallest absolute Gasteiger partial charge is 0.328 e. The Kier molecular flexibility index (Phi) is 10.5. The van der Waals surface area contributed by atoms with E-state index in [0.717, 1.165) is 5.56 Å². The molecule has 0 saturated carbocycles. The number of carbonyl (C=O) groups excluding carboxylic acids is 3. The number of benzene rings is 3. The van der Waals surface area contributed by atoms with Gasteiger partial charge in [-0.25, -0.2) is 14.6 Å². The van der Waals surface area contributed by atoms with Crippen molar-refractivity contribution in [1.82, 2.24) is 15.6 Å². The third kappa shape index (κ3) is 8.09. The van der Waals surface area contributed by atoms with Crippen LogP contribution in [-0.4, -0.2) is 58.1 Å². The van der Waals surface area contributed by atoms with Crippen molar-refractivity contribution >= 4 is 34.7 Å². The number of carboxylic acid groups (broad SMARTS) is 1.